The predicted octanol–water partition coefficient (Wildman–Crippen LogP) is 1.36. The topological polar surface area (TPSA) is 83.2 Å². The van der Waals surface area contributed by atoms with Gasteiger partial charge < -0.3 is 15.0 Å². The Morgan fingerprint density at radius 2 is 2.24 bits per heavy atom. The van der Waals surface area contributed by atoms with E-state index in [0.717, 1.165) is 18.5 Å². The van der Waals surface area contributed by atoms with Crippen LogP contribution >= 0.6 is 0 Å². The van der Waals surface area contributed by atoms with Gasteiger partial charge in [-0.05, 0) is 25.8 Å². The standard InChI is InChI=1S/C14H25N3O3S/c1-11(2)15-8-12-7-13(9-16-12)21(18,19)17-10-14(3)5-4-6-20-14/h7,9,11,15-17H,4-6,8,10H2,1-3H3. The second-order valence-electron chi connectivity index (χ2n) is 6.12. The average molecular weight is 315 g/mol. The zero-order valence-electron chi connectivity index (χ0n) is 12.9. The first-order valence-electron chi connectivity index (χ1n) is 7.35. The maximum Gasteiger partial charge on any atom is 0.242 e. The highest BCUT2D eigenvalue weighted by Gasteiger charge is 2.31. The van der Waals surface area contributed by atoms with Crippen molar-refractivity contribution in [2.24, 2.45) is 0 Å². The van der Waals surface area contributed by atoms with Crippen LogP contribution in [0.5, 0.6) is 0 Å². The molecule has 0 aromatic carbocycles. The summed E-state index contributed by atoms with van der Waals surface area (Å²) in [6.45, 7) is 7.66. The van der Waals surface area contributed by atoms with Crippen LogP contribution in [-0.2, 0) is 21.3 Å². The Balaban J connectivity index is 1.96. The number of aromatic amines is 1. The van der Waals surface area contributed by atoms with Crippen molar-refractivity contribution in [2.75, 3.05) is 13.2 Å². The van der Waals surface area contributed by atoms with E-state index in [1.807, 2.05) is 20.8 Å². The summed E-state index contributed by atoms with van der Waals surface area (Å²) >= 11 is 0. The van der Waals surface area contributed by atoms with E-state index in [1.54, 1.807) is 6.07 Å². The summed E-state index contributed by atoms with van der Waals surface area (Å²) in [7, 11) is -3.49. The molecule has 21 heavy (non-hydrogen) atoms. The highest BCUT2D eigenvalue weighted by Crippen LogP contribution is 2.24. The Morgan fingerprint density at radius 3 is 2.86 bits per heavy atom. The maximum absolute atomic E-state index is 12.3. The predicted molar refractivity (Wildman–Crippen MR) is 81.5 cm³/mol. The fourth-order valence-electron chi connectivity index (χ4n) is 2.30. The molecule has 7 heteroatoms. The van der Waals surface area contributed by atoms with Crippen LogP contribution in [0.2, 0.25) is 0 Å². The maximum atomic E-state index is 12.3. The third-order valence-electron chi connectivity index (χ3n) is 3.66. The van der Waals surface area contributed by atoms with Gasteiger partial charge in [0.05, 0.1) is 10.5 Å². The number of sulfonamides is 1. The normalized spacial score (nSPS) is 23.0. The minimum Gasteiger partial charge on any atom is -0.374 e. The molecule has 2 rings (SSSR count). The van der Waals surface area contributed by atoms with E-state index >= 15 is 0 Å². The molecule has 1 aromatic heterocycles. The Hall–Kier alpha value is -0.890. The van der Waals surface area contributed by atoms with Crippen molar-refractivity contribution in [3.63, 3.8) is 0 Å². The van der Waals surface area contributed by atoms with Crippen molar-refractivity contribution in [2.45, 2.75) is 56.7 Å². The summed E-state index contributed by atoms with van der Waals surface area (Å²) in [4.78, 5) is 3.26. The third kappa shape index (κ3) is 4.54. The van der Waals surface area contributed by atoms with E-state index in [2.05, 4.69) is 15.0 Å². The smallest absolute Gasteiger partial charge is 0.242 e. The Bertz CT molecular complexity index is 560. The van der Waals surface area contributed by atoms with Crippen LogP contribution in [-0.4, -0.2) is 38.2 Å². The number of H-pyrrole nitrogens is 1. The van der Waals surface area contributed by atoms with Crippen LogP contribution in [0, 0.1) is 0 Å². The van der Waals surface area contributed by atoms with E-state index in [1.165, 1.54) is 6.20 Å². The highest BCUT2D eigenvalue weighted by atomic mass is 32.2. The van der Waals surface area contributed by atoms with Crippen molar-refractivity contribution in [1.29, 1.82) is 0 Å². The van der Waals surface area contributed by atoms with Crippen molar-refractivity contribution < 1.29 is 13.2 Å². The van der Waals surface area contributed by atoms with Crippen molar-refractivity contribution in [1.82, 2.24) is 15.0 Å². The van der Waals surface area contributed by atoms with Gasteiger partial charge >= 0.3 is 0 Å². The zero-order chi connectivity index (χ0) is 15.5. The van der Waals surface area contributed by atoms with Gasteiger partial charge in [0.25, 0.3) is 0 Å². The number of rotatable bonds is 7. The first-order chi connectivity index (χ1) is 9.81. The lowest BCUT2D eigenvalue weighted by atomic mass is 10.0. The molecular weight excluding hydrogens is 290 g/mol. The summed E-state index contributed by atoms with van der Waals surface area (Å²) in [6, 6.07) is 2.01. The largest absolute Gasteiger partial charge is 0.374 e. The summed E-state index contributed by atoms with van der Waals surface area (Å²) < 4.78 is 32.8. The Kier molecular flexibility index (Phi) is 5.08. The molecule has 1 unspecified atom stereocenters. The van der Waals surface area contributed by atoms with Crippen LogP contribution < -0.4 is 10.0 Å². The van der Waals surface area contributed by atoms with E-state index in [4.69, 9.17) is 4.74 Å². The molecule has 6 nitrogen and oxygen atoms in total. The Morgan fingerprint density at radius 1 is 1.48 bits per heavy atom. The molecule has 0 bridgehead atoms. The monoisotopic (exact) mass is 315 g/mol. The van der Waals surface area contributed by atoms with Gasteiger partial charge in [-0.25, -0.2) is 13.1 Å². The number of ether oxygens (including phenoxy) is 1. The van der Waals surface area contributed by atoms with Crippen molar-refractivity contribution in [3.05, 3.63) is 18.0 Å². The van der Waals surface area contributed by atoms with Crippen molar-refractivity contribution in [3.8, 4) is 0 Å². The molecule has 1 fully saturated rings. The fourth-order valence-corrected chi connectivity index (χ4v) is 3.47. The summed E-state index contributed by atoms with van der Waals surface area (Å²) in [5, 5.41) is 3.24. The fraction of sp³-hybridized carbons (Fsp3) is 0.714. The third-order valence-corrected chi connectivity index (χ3v) is 5.04. The summed E-state index contributed by atoms with van der Waals surface area (Å²) in [6.07, 6.45) is 3.39. The molecule has 120 valence electrons. The number of nitrogens with one attached hydrogen (secondary N) is 3. The van der Waals surface area contributed by atoms with Gasteiger partial charge in [-0.15, -0.1) is 0 Å². The summed E-state index contributed by atoms with van der Waals surface area (Å²) in [5.41, 5.74) is 0.471. The SMILES string of the molecule is CC(C)NCc1cc(S(=O)(=O)NCC2(C)CCCO2)c[nH]1. The van der Waals surface area contributed by atoms with Gasteiger partial charge in [0, 0.05) is 37.6 Å². The molecule has 3 N–H and O–H groups in total. The van der Waals surface area contributed by atoms with Gasteiger partial charge in [0.2, 0.25) is 10.0 Å². The van der Waals surface area contributed by atoms with Gasteiger partial charge in [-0.3, -0.25) is 0 Å². The molecule has 1 aliphatic rings. The lowest BCUT2D eigenvalue weighted by molar-refractivity contribution is 0.0250. The molecule has 2 heterocycles. The molecule has 0 aliphatic carbocycles. The number of aromatic nitrogens is 1. The second-order valence-corrected chi connectivity index (χ2v) is 7.89. The molecule has 0 radical (unpaired) electrons. The first kappa shape index (κ1) is 16.5. The molecule has 1 atom stereocenters. The van der Waals surface area contributed by atoms with Crippen molar-refractivity contribution >= 4 is 10.0 Å². The van der Waals surface area contributed by atoms with Crippen LogP contribution in [0.1, 0.15) is 39.3 Å². The average Bonchev–Trinajstić information content (AvgIpc) is 3.04. The minimum atomic E-state index is -3.49. The van der Waals surface area contributed by atoms with E-state index < -0.39 is 10.0 Å². The molecule has 1 aliphatic heterocycles. The first-order valence-corrected chi connectivity index (χ1v) is 8.83. The minimum absolute atomic E-state index is 0.268. The van der Waals surface area contributed by atoms with Gasteiger partial charge in [-0.1, -0.05) is 13.8 Å². The zero-order valence-corrected chi connectivity index (χ0v) is 13.7. The van der Waals surface area contributed by atoms with E-state index in [9.17, 15) is 8.42 Å². The van der Waals surface area contributed by atoms with Gasteiger partial charge in [0.1, 0.15) is 0 Å². The number of hydrogen-bond acceptors (Lipinski definition) is 4. The molecule has 0 spiro atoms. The molecule has 0 saturated carbocycles. The van der Waals surface area contributed by atoms with E-state index in [0.29, 0.717) is 25.7 Å². The van der Waals surface area contributed by atoms with Gasteiger partial charge in [-0.2, -0.15) is 0 Å². The molecule has 0 amide bonds. The molecular formula is C14H25N3O3S. The lowest BCUT2D eigenvalue weighted by Crippen LogP contribution is -2.39. The molecule has 1 saturated heterocycles. The summed E-state index contributed by atoms with van der Waals surface area (Å²) in [5.74, 6) is 0. The van der Waals surface area contributed by atoms with Gasteiger partial charge in [0.15, 0.2) is 0 Å². The quantitative estimate of drug-likeness (QED) is 0.709. The van der Waals surface area contributed by atoms with Crippen LogP contribution in [0.4, 0.5) is 0 Å². The molecule has 1 aromatic rings. The number of hydrogen-bond donors (Lipinski definition) is 3. The second kappa shape index (κ2) is 6.48. The van der Waals surface area contributed by atoms with E-state index in [-0.39, 0.29) is 10.5 Å². The Labute approximate surface area is 126 Å². The van der Waals surface area contributed by atoms with Crippen LogP contribution in [0.3, 0.4) is 0 Å². The highest BCUT2D eigenvalue weighted by molar-refractivity contribution is 7.89. The van der Waals surface area contributed by atoms with Crippen LogP contribution in [0.15, 0.2) is 17.2 Å². The van der Waals surface area contributed by atoms with Crippen LogP contribution in [0.25, 0.3) is 0 Å². The lowest BCUT2D eigenvalue weighted by Gasteiger charge is -2.23.